The van der Waals surface area contributed by atoms with Crippen LogP contribution in [0.5, 0.6) is 5.75 Å². The summed E-state index contributed by atoms with van der Waals surface area (Å²) in [6.07, 6.45) is 5.42. The zero-order chi connectivity index (χ0) is 16.9. The van der Waals surface area contributed by atoms with E-state index in [0.29, 0.717) is 5.75 Å². The first-order valence-electron chi connectivity index (χ1n) is 8.32. The molecule has 1 aliphatic rings. The van der Waals surface area contributed by atoms with Gasteiger partial charge in [-0.2, -0.15) is 0 Å². The second-order valence-corrected chi connectivity index (χ2v) is 6.17. The van der Waals surface area contributed by atoms with Gasteiger partial charge in [0.25, 0.3) is 0 Å². The molecule has 24 heavy (non-hydrogen) atoms. The number of hydrogen-bond donors (Lipinski definition) is 0. The lowest BCUT2D eigenvalue weighted by atomic mass is 10.1. The third kappa shape index (κ3) is 3.57. The SMILES string of the molecule is C=CCN(C)Cc1ccc(OC(=O)N2CCCC2)c2ncccc12. The van der Waals surface area contributed by atoms with Crippen molar-refractivity contribution in [1.29, 1.82) is 0 Å². The van der Waals surface area contributed by atoms with Crippen LogP contribution in [0.4, 0.5) is 4.79 Å². The van der Waals surface area contributed by atoms with E-state index in [1.165, 1.54) is 0 Å². The summed E-state index contributed by atoms with van der Waals surface area (Å²) in [5.74, 6) is 0.526. The summed E-state index contributed by atoms with van der Waals surface area (Å²) in [5, 5.41) is 1.01. The van der Waals surface area contributed by atoms with Crippen molar-refractivity contribution in [3.63, 3.8) is 0 Å². The van der Waals surface area contributed by atoms with Crippen LogP contribution in [0, 0.1) is 0 Å². The monoisotopic (exact) mass is 325 g/mol. The van der Waals surface area contributed by atoms with Gasteiger partial charge < -0.3 is 9.64 Å². The standard InChI is InChI=1S/C19H23N3O2/c1-3-11-21(2)14-15-8-9-17(18-16(15)7-6-10-20-18)24-19(23)22-12-4-5-13-22/h3,6-10H,1,4-5,11-14H2,2H3. The highest BCUT2D eigenvalue weighted by atomic mass is 16.6. The Labute approximate surface area is 142 Å². The number of carbonyl (C=O) groups is 1. The van der Waals surface area contributed by atoms with Gasteiger partial charge in [0.05, 0.1) is 0 Å². The van der Waals surface area contributed by atoms with Crippen LogP contribution >= 0.6 is 0 Å². The van der Waals surface area contributed by atoms with Crippen molar-refractivity contribution in [3.8, 4) is 5.75 Å². The van der Waals surface area contributed by atoms with Crippen LogP contribution in [0.2, 0.25) is 0 Å². The fourth-order valence-electron chi connectivity index (χ4n) is 3.06. The highest BCUT2D eigenvalue weighted by Crippen LogP contribution is 2.28. The number of rotatable bonds is 5. The number of hydrogen-bond acceptors (Lipinski definition) is 4. The van der Waals surface area contributed by atoms with E-state index in [1.807, 2.05) is 37.4 Å². The fourth-order valence-corrected chi connectivity index (χ4v) is 3.06. The Morgan fingerprint density at radius 3 is 2.92 bits per heavy atom. The predicted molar refractivity (Wildman–Crippen MR) is 95.1 cm³/mol. The summed E-state index contributed by atoms with van der Waals surface area (Å²) in [6, 6.07) is 7.79. The van der Waals surface area contributed by atoms with Crippen molar-refractivity contribution in [2.45, 2.75) is 19.4 Å². The summed E-state index contributed by atoms with van der Waals surface area (Å²) in [7, 11) is 2.05. The molecule has 2 aromatic rings. The first-order chi connectivity index (χ1) is 11.7. The molecule has 1 saturated heterocycles. The minimum absolute atomic E-state index is 0.282. The molecule has 0 spiro atoms. The lowest BCUT2D eigenvalue weighted by Gasteiger charge is -2.18. The molecule has 1 amide bonds. The van der Waals surface area contributed by atoms with Crippen molar-refractivity contribution in [2.24, 2.45) is 0 Å². The summed E-state index contributed by atoms with van der Waals surface area (Å²) in [6.45, 7) is 6.92. The third-order valence-corrected chi connectivity index (χ3v) is 4.27. The number of fused-ring (bicyclic) bond motifs is 1. The van der Waals surface area contributed by atoms with Gasteiger partial charge in [0.15, 0.2) is 5.75 Å². The highest BCUT2D eigenvalue weighted by Gasteiger charge is 2.21. The molecule has 2 heterocycles. The van der Waals surface area contributed by atoms with Gasteiger partial charge in [0.2, 0.25) is 0 Å². The Bertz CT molecular complexity index is 738. The minimum Gasteiger partial charge on any atom is -0.408 e. The number of amides is 1. The van der Waals surface area contributed by atoms with Gasteiger partial charge in [-0.25, -0.2) is 4.79 Å². The van der Waals surface area contributed by atoms with Crippen LogP contribution in [-0.2, 0) is 6.54 Å². The number of pyridine rings is 1. The zero-order valence-corrected chi connectivity index (χ0v) is 14.1. The van der Waals surface area contributed by atoms with Crippen molar-refractivity contribution in [1.82, 2.24) is 14.8 Å². The second-order valence-electron chi connectivity index (χ2n) is 6.17. The van der Waals surface area contributed by atoms with Gasteiger partial charge in [0.1, 0.15) is 5.52 Å². The summed E-state index contributed by atoms with van der Waals surface area (Å²) in [4.78, 5) is 20.6. The van der Waals surface area contributed by atoms with E-state index in [9.17, 15) is 4.79 Å². The molecule has 0 bridgehead atoms. The Kier molecular flexibility index (Phi) is 5.11. The molecule has 1 aliphatic heterocycles. The van der Waals surface area contributed by atoms with Gasteiger partial charge in [-0.1, -0.05) is 18.2 Å². The molecule has 1 aromatic heterocycles. The molecular weight excluding hydrogens is 302 g/mol. The molecule has 126 valence electrons. The normalized spacial score (nSPS) is 14.3. The Morgan fingerprint density at radius 2 is 2.17 bits per heavy atom. The van der Waals surface area contributed by atoms with Gasteiger partial charge in [0, 0.05) is 37.8 Å². The lowest BCUT2D eigenvalue weighted by molar-refractivity contribution is 0.163. The quantitative estimate of drug-likeness (QED) is 0.790. The first kappa shape index (κ1) is 16.5. The number of carbonyl (C=O) groups excluding carboxylic acids is 1. The zero-order valence-electron chi connectivity index (χ0n) is 14.1. The summed E-state index contributed by atoms with van der Waals surface area (Å²) >= 11 is 0. The number of nitrogens with zero attached hydrogens (tertiary/aromatic N) is 3. The van der Waals surface area contributed by atoms with Crippen LogP contribution < -0.4 is 4.74 Å². The first-order valence-corrected chi connectivity index (χ1v) is 8.32. The van der Waals surface area contributed by atoms with Crippen LogP contribution in [0.25, 0.3) is 10.9 Å². The molecule has 0 aliphatic carbocycles. The molecule has 1 aromatic carbocycles. The van der Waals surface area contributed by atoms with Gasteiger partial charge in [-0.15, -0.1) is 6.58 Å². The summed E-state index contributed by atoms with van der Waals surface area (Å²) < 4.78 is 5.61. The van der Waals surface area contributed by atoms with Crippen LogP contribution in [0.15, 0.2) is 43.1 Å². The maximum absolute atomic E-state index is 12.3. The molecule has 5 nitrogen and oxygen atoms in total. The van der Waals surface area contributed by atoms with E-state index in [0.717, 1.165) is 55.5 Å². The number of ether oxygens (including phenoxy) is 1. The number of benzene rings is 1. The van der Waals surface area contributed by atoms with E-state index >= 15 is 0 Å². The number of likely N-dealkylation sites (tertiary alicyclic amines) is 1. The maximum Gasteiger partial charge on any atom is 0.415 e. The number of likely N-dealkylation sites (N-methyl/N-ethyl adjacent to an activating group) is 1. The van der Waals surface area contributed by atoms with E-state index in [2.05, 4.69) is 16.5 Å². The molecule has 0 saturated carbocycles. The van der Waals surface area contributed by atoms with Crippen molar-refractivity contribution in [2.75, 3.05) is 26.7 Å². The Morgan fingerprint density at radius 1 is 1.38 bits per heavy atom. The van der Waals surface area contributed by atoms with E-state index < -0.39 is 0 Å². The topological polar surface area (TPSA) is 45.7 Å². The highest BCUT2D eigenvalue weighted by molar-refractivity contribution is 5.89. The van der Waals surface area contributed by atoms with Crippen molar-refractivity contribution < 1.29 is 9.53 Å². The number of aromatic nitrogens is 1. The van der Waals surface area contributed by atoms with Crippen LogP contribution in [0.1, 0.15) is 18.4 Å². The van der Waals surface area contributed by atoms with E-state index in [1.54, 1.807) is 11.1 Å². The van der Waals surface area contributed by atoms with Crippen molar-refractivity contribution in [3.05, 3.63) is 48.7 Å². The molecule has 0 unspecified atom stereocenters. The van der Waals surface area contributed by atoms with E-state index in [-0.39, 0.29) is 6.09 Å². The molecule has 3 rings (SSSR count). The largest absolute Gasteiger partial charge is 0.415 e. The molecule has 0 atom stereocenters. The smallest absolute Gasteiger partial charge is 0.408 e. The Hall–Kier alpha value is -2.40. The van der Waals surface area contributed by atoms with Gasteiger partial charge in [-0.3, -0.25) is 9.88 Å². The molecule has 5 heteroatoms. The molecule has 1 fully saturated rings. The average molecular weight is 325 g/mol. The van der Waals surface area contributed by atoms with Gasteiger partial charge in [-0.05, 0) is 37.6 Å². The average Bonchev–Trinajstić information content (AvgIpc) is 3.12. The molecule has 0 radical (unpaired) electrons. The van der Waals surface area contributed by atoms with Crippen molar-refractivity contribution >= 4 is 17.0 Å². The third-order valence-electron chi connectivity index (χ3n) is 4.27. The second kappa shape index (κ2) is 7.45. The maximum atomic E-state index is 12.3. The fraction of sp³-hybridized carbons (Fsp3) is 0.368. The van der Waals surface area contributed by atoms with E-state index in [4.69, 9.17) is 4.74 Å². The van der Waals surface area contributed by atoms with Crippen LogP contribution in [0.3, 0.4) is 0 Å². The molecule has 0 N–H and O–H groups in total. The minimum atomic E-state index is -0.282. The predicted octanol–water partition coefficient (Wildman–Crippen LogP) is 3.45. The molecular formula is C19H23N3O2. The summed E-state index contributed by atoms with van der Waals surface area (Å²) in [5.41, 5.74) is 1.89. The van der Waals surface area contributed by atoms with Gasteiger partial charge >= 0.3 is 6.09 Å². The lowest BCUT2D eigenvalue weighted by Crippen LogP contribution is -2.30. The Balaban J connectivity index is 1.87. The van der Waals surface area contributed by atoms with Crippen LogP contribution in [-0.4, -0.2) is 47.6 Å².